The summed E-state index contributed by atoms with van der Waals surface area (Å²) in [5.41, 5.74) is 2.16. The molecule has 0 fully saturated rings. The van der Waals surface area contributed by atoms with E-state index in [1.807, 2.05) is 17.5 Å². The predicted octanol–water partition coefficient (Wildman–Crippen LogP) is 4.11. The Labute approximate surface area is 113 Å². The van der Waals surface area contributed by atoms with E-state index in [9.17, 15) is 5.11 Å². The van der Waals surface area contributed by atoms with Gasteiger partial charge in [-0.05, 0) is 33.0 Å². The van der Waals surface area contributed by atoms with Crippen LogP contribution in [0.3, 0.4) is 0 Å². The van der Waals surface area contributed by atoms with Gasteiger partial charge in [-0.3, -0.25) is 0 Å². The van der Waals surface area contributed by atoms with Gasteiger partial charge in [-0.1, -0.05) is 38.1 Å². The minimum absolute atomic E-state index is 0.509. The molecular weight excluding hydrogens is 298 g/mol. The third-order valence-electron chi connectivity index (χ3n) is 2.65. The first-order chi connectivity index (χ1) is 8.08. The van der Waals surface area contributed by atoms with Crippen LogP contribution < -0.4 is 0 Å². The largest absolute Gasteiger partial charge is 0.381 e. The first-order valence-corrected chi connectivity index (χ1v) is 7.14. The maximum absolute atomic E-state index is 10.2. The number of halogens is 1. The lowest BCUT2D eigenvalue weighted by Crippen LogP contribution is -1.99. The number of benzene rings is 1. The number of hydrogen-bond donors (Lipinski definition) is 1. The molecule has 0 bridgehead atoms. The minimum Gasteiger partial charge on any atom is -0.381 e. The SMILES string of the molecule is CC(C)c1ccc(C(O)c2nc(Br)cs2)cc1. The Morgan fingerprint density at radius 2 is 1.76 bits per heavy atom. The van der Waals surface area contributed by atoms with E-state index in [-0.39, 0.29) is 0 Å². The van der Waals surface area contributed by atoms with Gasteiger partial charge in [-0.15, -0.1) is 11.3 Å². The van der Waals surface area contributed by atoms with Crippen molar-refractivity contribution in [3.05, 3.63) is 50.4 Å². The molecular formula is C13H14BrNOS. The van der Waals surface area contributed by atoms with E-state index in [4.69, 9.17) is 0 Å². The molecule has 0 saturated heterocycles. The topological polar surface area (TPSA) is 33.1 Å². The molecule has 90 valence electrons. The molecule has 1 atom stereocenters. The summed E-state index contributed by atoms with van der Waals surface area (Å²) >= 11 is 4.75. The van der Waals surface area contributed by atoms with Crippen LogP contribution in [0.15, 0.2) is 34.2 Å². The number of aliphatic hydroxyl groups is 1. The van der Waals surface area contributed by atoms with Crippen molar-refractivity contribution in [3.8, 4) is 0 Å². The van der Waals surface area contributed by atoms with Crippen molar-refractivity contribution in [2.45, 2.75) is 25.9 Å². The summed E-state index contributed by atoms with van der Waals surface area (Å²) in [4.78, 5) is 4.23. The van der Waals surface area contributed by atoms with E-state index in [0.717, 1.165) is 10.2 Å². The number of thiazole rings is 1. The van der Waals surface area contributed by atoms with E-state index in [1.165, 1.54) is 16.9 Å². The van der Waals surface area contributed by atoms with Crippen LogP contribution in [-0.2, 0) is 0 Å². The Kier molecular flexibility index (Phi) is 3.97. The Morgan fingerprint density at radius 3 is 2.24 bits per heavy atom. The number of aliphatic hydroxyl groups excluding tert-OH is 1. The predicted molar refractivity (Wildman–Crippen MR) is 74.4 cm³/mol. The molecule has 0 aliphatic heterocycles. The average Bonchev–Trinajstić information content (AvgIpc) is 2.75. The Balaban J connectivity index is 2.22. The monoisotopic (exact) mass is 311 g/mol. The summed E-state index contributed by atoms with van der Waals surface area (Å²) in [5.74, 6) is 0.509. The van der Waals surface area contributed by atoms with Crippen molar-refractivity contribution in [1.29, 1.82) is 0 Å². The normalized spacial score (nSPS) is 13.0. The van der Waals surface area contributed by atoms with Gasteiger partial charge in [0.15, 0.2) is 0 Å². The first-order valence-electron chi connectivity index (χ1n) is 5.46. The molecule has 1 aromatic carbocycles. The smallest absolute Gasteiger partial charge is 0.131 e. The lowest BCUT2D eigenvalue weighted by atomic mass is 10.0. The van der Waals surface area contributed by atoms with E-state index in [2.05, 4.69) is 46.9 Å². The Hall–Kier alpha value is -0.710. The van der Waals surface area contributed by atoms with Crippen LogP contribution in [0.5, 0.6) is 0 Å². The fourth-order valence-electron chi connectivity index (χ4n) is 1.60. The zero-order chi connectivity index (χ0) is 12.4. The van der Waals surface area contributed by atoms with Crippen molar-refractivity contribution >= 4 is 27.3 Å². The van der Waals surface area contributed by atoms with Crippen LogP contribution in [0.25, 0.3) is 0 Å². The van der Waals surface area contributed by atoms with E-state index >= 15 is 0 Å². The Bertz CT molecular complexity index is 492. The van der Waals surface area contributed by atoms with E-state index in [0.29, 0.717) is 10.9 Å². The molecule has 2 aromatic rings. The summed E-state index contributed by atoms with van der Waals surface area (Å²) < 4.78 is 0.773. The molecule has 2 nitrogen and oxygen atoms in total. The Morgan fingerprint density at radius 1 is 1.18 bits per heavy atom. The zero-order valence-corrected chi connectivity index (χ0v) is 12.1. The molecule has 1 aromatic heterocycles. The third kappa shape index (κ3) is 2.94. The molecule has 1 N–H and O–H groups in total. The second-order valence-corrected chi connectivity index (χ2v) is 5.93. The quantitative estimate of drug-likeness (QED) is 0.925. The molecule has 0 aliphatic rings. The summed E-state index contributed by atoms with van der Waals surface area (Å²) in [6, 6.07) is 8.06. The van der Waals surface area contributed by atoms with Crippen molar-refractivity contribution in [1.82, 2.24) is 4.98 Å². The second-order valence-electron chi connectivity index (χ2n) is 4.23. The zero-order valence-electron chi connectivity index (χ0n) is 9.72. The highest BCUT2D eigenvalue weighted by atomic mass is 79.9. The molecule has 2 rings (SSSR count). The fraction of sp³-hybridized carbons (Fsp3) is 0.308. The van der Waals surface area contributed by atoms with Gasteiger partial charge in [-0.2, -0.15) is 0 Å². The molecule has 4 heteroatoms. The van der Waals surface area contributed by atoms with Gasteiger partial charge in [0.25, 0.3) is 0 Å². The number of hydrogen-bond acceptors (Lipinski definition) is 3. The van der Waals surface area contributed by atoms with Crippen molar-refractivity contribution in [2.24, 2.45) is 0 Å². The number of rotatable bonds is 3. The molecule has 0 saturated carbocycles. The van der Waals surface area contributed by atoms with Gasteiger partial charge < -0.3 is 5.11 Å². The second kappa shape index (κ2) is 5.29. The molecule has 1 heterocycles. The summed E-state index contributed by atoms with van der Waals surface area (Å²) in [5, 5.41) is 12.8. The van der Waals surface area contributed by atoms with Crippen LogP contribution in [0.4, 0.5) is 0 Å². The molecule has 1 unspecified atom stereocenters. The fourth-order valence-corrected chi connectivity index (χ4v) is 2.87. The number of nitrogens with zero attached hydrogens (tertiary/aromatic N) is 1. The summed E-state index contributed by atoms with van der Waals surface area (Å²) in [6.45, 7) is 4.31. The highest BCUT2D eigenvalue weighted by Gasteiger charge is 2.14. The third-order valence-corrected chi connectivity index (χ3v) is 4.25. The lowest BCUT2D eigenvalue weighted by molar-refractivity contribution is 0.219. The molecule has 0 aliphatic carbocycles. The summed E-state index contributed by atoms with van der Waals surface area (Å²) in [7, 11) is 0. The van der Waals surface area contributed by atoms with Crippen LogP contribution in [0.1, 0.15) is 42.0 Å². The van der Waals surface area contributed by atoms with Crippen molar-refractivity contribution < 1.29 is 5.11 Å². The highest BCUT2D eigenvalue weighted by molar-refractivity contribution is 9.10. The van der Waals surface area contributed by atoms with Gasteiger partial charge in [-0.25, -0.2) is 4.98 Å². The highest BCUT2D eigenvalue weighted by Crippen LogP contribution is 2.27. The molecule has 0 spiro atoms. The van der Waals surface area contributed by atoms with Crippen LogP contribution in [-0.4, -0.2) is 10.1 Å². The van der Waals surface area contributed by atoms with E-state index in [1.54, 1.807) is 0 Å². The number of aromatic nitrogens is 1. The maximum atomic E-state index is 10.2. The van der Waals surface area contributed by atoms with Crippen molar-refractivity contribution in [2.75, 3.05) is 0 Å². The molecule has 17 heavy (non-hydrogen) atoms. The molecule has 0 radical (unpaired) electrons. The lowest BCUT2D eigenvalue weighted by Gasteiger charge is -2.10. The standard InChI is InChI=1S/C13H14BrNOS/c1-8(2)9-3-5-10(6-4-9)12(16)13-15-11(14)7-17-13/h3-8,12,16H,1-2H3. The van der Waals surface area contributed by atoms with Gasteiger partial charge >= 0.3 is 0 Å². The van der Waals surface area contributed by atoms with Crippen LogP contribution >= 0.6 is 27.3 Å². The van der Waals surface area contributed by atoms with Crippen molar-refractivity contribution in [3.63, 3.8) is 0 Å². The summed E-state index contributed by atoms with van der Waals surface area (Å²) in [6.07, 6.45) is -0.632. The van der Waals surface area contributed by atoms with Crippen LogP contribution in [0, 0.1) is 0 Å². The molecule has 0 amide bonds. The average molecular weight is 312 g/mol. The van der Waals surface area contributed by atoms with Gasteiger partial charge in [0, 0.05) is 5.38 Å². The first kappa shape index (κ1) is 12.7. The maximum Gasteiger partial charge on any atom is 0.131 e. The van der Waals surface area contributed by atoms with Gasteiger partial charge in [0.1, 0.15) is 15.7 Å². The van der Waals surface area contributed by atoms with Gasteiger partial charge in [0.05, 0.1) is 0 Å². The minimum atomic E-state index is -0.632. The van der Waals surface area contributed by atoms with Gasteiger partial charge in [0.2, 0.25) is 0 Å². The van der Waals surface area contributed by atoms with Crippen LogP contribution in [0.2, 0.25) is 0 Å². The van der Waals surface area contributed by atoms with E-state index < -0.39 is 6.10 Å².